The van der Waals surface area contributed by atoms with Crippen LogP contribution in [0.25, 0.3) is 11.3 Å². The highest BCUT2D eigenvalue weighted by Gasteiger charge is 2.26. The summed E-state index contributed by atoms with van der Waals surface area (Å²) in [5, 5.41) is 6.78. The Balaban J connectivity index is 1.71. The van der Waals surface area contributed by atoms with Crippen molar-refractivity contribution in [2.24, 2.45) is 7.05 Å². The molecule has 0 aliphatic heterocycles. The Bertz CT molecular complexity index is 849. The SMILES string of the molecule is CN(C(=O)c1cscn1)c1nc2c(s1)CCc1c-2cnn1C. The summed E-state index contributed by atoms with van der Waals surface area (Å²) in [5.74, 6) is -0.126. The number of aromatic nitrogens is 4. The standard InChI is InChI=1S/C14H13N5OS2/c1-18(13(20)9-6-21-7-15-9)14-17-12-8-5-16-19(2)10(8)3-4-11(12)22-14/h5-7H,3-4H2,1-2H3. The highest BCUT2D eigenvalue weighted by Crippen LogP contribution is 2.38. The molecule has 0 radical (unpaired) electrons. The van der Waals surface area contributed by atoms with Crippen LogP contribution in [0.3, 0.4) is 0 Å². The number of carbonyl (C=O) groups is 1. The summed E-state index contributed by atoms with van der Waals surface area (Å²) < 4.78 is 1.90. The zero-order valence-electron chi connectivity index (χ0n) is 12.1. The Morgan fingerprint density at radius 3 is 3.05 bits per heavy atom. The van der Waals surface area contributed by atoms with Crippen LogP contribution in [0.4, 0.5) is 5.13 Å². The molecular weight excluding hydrogens is 318 g/mol. The molecule has 0 aromatic carbocycles. The van der Waals surface area contributed by atoms with Gasteiger partial charge in [0, 0.05) is 35.6 Å². The van der Waals surface area contributed by atoms with Crippen LogP contribution in [0.15, 0.2) is 17.1 Å². The van der Waals surface area contributed by atoms with Crippen LogP contribution in [0.1, 0.15) is 21.1 Å². The van der Waals surface area contributed by atoms with Crippen LogP contribution in [0.2, 0.25) is 0 Å². The van der Waals surface area contributed by atoms with Gasteiger partial charge < -0.3 is 0 Å². The van der Waals surface area contributed by atoms with E-state index in [4.69, 9.17) is 0 Å². The van der Waals surface area contributed by atoms with E-state index in [1.54, 1.807) is 34.2 Å². The summed E-state index contributed by atoms with van der Waals surface area (Å²) in [6.45, 7) is 0. The molecule has 1 aliphatic rings. The van der Waals surface area contributed by atoms with Gasteiger partial charge in [0.1, 0.15) is 5.69 Å². The number of rotatable bonds is 2. The zero-order valence-corrected chi connectivity index (χ0v) is 13.7. The van der Waals surface area contributed by atoms with Gasteiger partial charge in [0.2, 0.25) is 0 Å². The molecule has 3 heterocycles. The molecule has 0 unspecified atom stereocenters. The van der Waals surface area contributed by atoms with E-state index >= 15 is 0 Å². The van der Waals surface area contributed by atoms with Gasteiger partial charge in [-0.1, -0.05) is 0 Å². The number of anilines is 1. The highest BCUT2D eigenvalue weighted by molar-refractivity contribution is 7.16. The normalized spacial score (nSPS) is 12.8. The molecular formula is C14H13N5OS2. The minimum Gasteiger partial charge on any atom is -0.286 e. The second-order valence-corrected chi connectivity index (χ2v) is 6.92. The molecule has 0 spiro atoms. The first-order valence-electron chi connectivity index (χ1n) is 6.82. The predicted octanol–water partition coefficient (Wildman–Crippen LogP) is 2.38. The van der Waals surface area contributed by atoms with Crippen LogP contribution in [0.5, 0.6) is 0 Å². The fraction of sp³-hybridized carbons (Fsp3) is 0.286. The third kappa shape index (κ3) is 1.98. The average Bonchev–Trinajstić information content (AvgIpc) is 3.24. The van der Waals surface area contributed by atoms with Crippen LogP contribution in [-0.2, 0) is 19.9 Å². The summed E-state index contributed by atoms with van der Waals surface area (Å²) in [7, 11) is 3.70. The Labute approximate surface area is 135 Å². The third-order valence-corrected chi connectivity index (χ3v) is 5.61. The summed E-state index contributed by atoms with van der Waals surface area (Å²) >= 11 is 2.99. The third-order valence-electron chi connectivity index (χ3n) is 3.83. The quantitative estimate of drug-likeness (QED) is 0.723. The number of amides is 1. The van der Waals surface area contributed by atoms with Gasteiger partial charge in [-0.2, -0.15) is 5.10 Å². The topological polar surface area (TPSA) is 63.9 Å². The summed E-state index contributed by atoms with van der Waals surface area (Å²) in [6.07, 6.45) is 3.77. The van der Waals surface area contributed by atoms with E-state index in [9.17, 15) is 4.79 Å². The van der Waals surface area contributed by atoms with Gasteiger partial charge in [-0.05, 0) is 12.8 Å². The molecule has 3 aromatic heterocycles. The van der Waals surface area contributed by atoms with Gasteiger partial charge in [-0.25, -0.2) is 9.97 Å². The zero-order chi connectivity index (χ0) is 15.3. The second kappa shape index (κ2) is 4.99. The van der Waals surface area contributed by atoms with Crippen LogP contribution in [-0.4, -0.2) is 32.7 Å². The molecule has 0 saturated heterocycles. The molecule has 0 fully saturated rings. The maximum atomic E-state index is 12.4. The monoisotopic (exact) mass is 331 g/mol. The molecule has 3 aromatic rings. The van der Waals surface area contributed by atoms with Crippen LogP contribution < -0.4 is 4.90 Å². The van der Waals surface area contributed by atoms with Crippen molar-refractivity contribution in [2.75, 3.05) is 11.9 Å². The van der Waals surface area contributed by atoms with Crippen molar-refractivity contribution in [1.29, 1.82) is 0 Å². The Hall–Kier alpha value is -2.06. The van der Waals surface area contributed by atoms with Crippen LogP contribution >= 0.6 is 22.7 Å². The number of carbonyl (C=O) groups excluding carboxylic acids is 1. The van der Waals surface area contributed by atoms with Crippen molar-refractivity contribution in [1.82, 2.24) is 19.7 Å². The minimum absolute atomic E-state index is 0.126. The Morgan fingerprint density at radius 2 is 2.27 bits per heavy atom. The van der Waals surface area contributed by atoms with Gasteiger partial charge in [-0.3, -0.25) is 14.4 Å². The maximum Gasteiger partial charge on any atom is 0.279 e. The van der Waals surface area contributed by atoms with Crippen molar-refractivity contribution < 1.29 is 4.79 Å². The molecule has 112 valence electrons. The van der Waals surface area contributed by atoms with E-state index in [0.29, 0.717) is 10.8 Å². The first kappa shape index (κ1) is 13.6. The van der Waals surface area contributed by atoms with Gasteiger partial charge in [0.25, 0.3) is 5.91 Å². The molecule has 0 N–H and O–H groups in total. The molecule has 1 aliphatic carbocycles. The lowest BCUT2D eigenvalue weighted by molar-refractivity contribution is 0.0989. The molecule has 0 saturated carbocycles. The van der Waals surface area contributed by atoms with E-state index in [2.05, 4.69) is 15.1 Å². The fourth-order valence-electron chi connectivity index (χ4n) is 2.63. The molecule has 0 bridgehead atoms. The van der Waals surface area contributed by atoms with Crippen molar-refractivity contribution in [3.63, 3.8) is 0 Å². The van der Waals surface area contributed by atoms with Crippen molar-refractivity contribution in [2.45, 2.75) is 12.8 Å². The first-order valence-corrected chi connectivity index (χ1v) is 8.58. The number of fused-ring (bicyclic) bond motifs is 3. The maximum absolute atomic E-state index is 12.4. The lowest BCUT2D eigenvalue weighted by Crippen LogP contribution is -2.26. The smallest absolute Gasteiger partial charge is 0.279 e. The van der Waals surface area contributed by atoms with Crippen molar-refractivity contribution in [3.8, 4) is 11.3 Å². The lowest BCUT2D eigenvalue weighted by Gasteiger charge is -2.11. The number of hydrogen-bond acceptors (Lipinski definition) is 6. The number of nitrogens with zero attached hydrogens (tertiary/aromatic N) is 5. The van der Waals surface area contributed by atoms with Gasteiger partial charge in [0.15, 0.2) is 5.13 Å². The first-order chi connectivity index (χ1) is 10.6. The molecule has 0 atom stereocenters. The van der Waals surface area contributed by atoms with E-state index in [1.165, 1.54) is 21.9 Å². The molecule has 22 heavy (non-hydrogen) atoms. The Kier molecular flexibility index (Phi) is 3.08. The summed E-state index contributed by atoms with van der Waals surface area (Å²) in [6, 6.07) is 0. The fourth-order valence-corrected chi connectivity index (χ4v) is 4.19. The summed E-state index contributed by atoms with van der Waals surface area (Å²) in [4.78, 5) is 23.9. The largest absolute Gasteiger partial charge is 0.286 e. The highest BCUT2D eigenvalue weighted by atomic mass is 32.1. The number of thiazole rings is 2. The predicted molar refractivity (Wildman–Crippen MR) is 86.6 cm³/mol. The van der Waals surface area contributed by atoms with E-state index in [0.717, 1.165) is 24.1 Å². The molecule has 1 amide bonds. The van der Waals surface area contributed by atoms with E-state index in [1.807, 2.05) is 17.9 Å². The van der Waals surface area contributed by atoms with Gasteiger partial charge in [0.05, 0.1) is 17.4 Å². The molecule has 8 heteroatoms. The van der Waals surface area contributed by atoms with Gasteiger partial charge in [-0.15, -0.1) is 22.7 Å². The van der Waals surface area contributed by atoms with Gasteiger partial charge >= 0.3 is 0 Å². The van der Waals surface area contributed by atoms with Crippen molar-refractivity contribution >= 4 is 33.7 Å². The number of aryl methyl sites for hydroxylation is 2. The molecule has 4 rings (SSSR count). The van der Waals surface area contributed by atoms with E-state index in [-0.39, 0.29) is 5.91 Å². The minimum atomic E-state index is -0.126. The molecule has 6 nitrogen and oxygen atoms in total. The van der Waals surface area contributed by atoms with Crippen molar-refractivity contribution in [3.05, 3.63) is 33.4 Å². The average molecular weight is 331 g/mol. The van der Waals surface area contributed by atoms with Crippen LogP contribution in [0, 0.1) is 0 Å². The second-order valence-electron chi connectivity index (χ2n) is 5.13. The summed E-state index contributed by atoms with van der Waals surface area (Å²) in [5.41, 5.74) is 5.38. The Morgan fingerprint density at radius 1 is 1.41 bits per heavy atom. The van der Waals surface area contributed by atoms with E-state index < -0.39 is 0 Å². The number of hydrogen-bond donors (Lipinski definition) is 0. The lowest BCUT2D eigenvalue weighted by atomic mass is 10.0.